The summed E-state index contributed by atoms with van der Waals surface area (Å²) in [4.78, 5) is 0.0502. The number of nitrogens with one attached hydrogen (secondary N) is 1. The zero-order valence-electron chi connectivity index (χ0n) is 10.4. The highest BCUT2D eigenvalue weighted by atomic mass is 79.9. The van der Waals surface area contributed by atoms with Crippen molar-refractivity contribution in [3.8, 4) is 0 Å². The van der Waals surface area contributed by atoms with E-state index in [1.54, 1.807) is 6.07 Å². The minimum absolute atomic E-state index is 0.0502. The maximum atomic E-state index is 13.6. The molecule has 0 fully saturated rings. The molecule has 1 N–H and O–H groups in total. The first-order valence-electron chi connectivity index (χ1n) is 5.68. The molecule has 0 saturated carbocycles. The molecule has 0 bridgehead atoms. The number of hydrogen-bond donors (Lipinski definition) is 1. The number of sulfonamides is 1. The van der Waals surface area contributed by atoms with E-state index in [1.165, 1.54) is 30.3 Å². The fourth-order valence-electron chi connectivity index (χ4n) is 1.58. The Morgan fingerprint density at radius 3 is 2.52 bits per heavy atom. The van der Waals surface area contributed by atoms with Gasteiger partial charge >= 0.3 is 0 Å². The number of benzene rings is 2. The molecule has 0 radical (unpaired) electrons. The smallest absolute Gasteiger partial charge is 0.207 e. The monoisotopic (exact) mass is 455 g/mol. The molecule has 0 aliphatic heterocycles. The van der Waals surface area contributed by atoms with Gasteiger partial charge in [-0.3, -0.25) is 0 Å². The Hall–Kier alpha value is -0.470. The summed E-state index contributed by atoms with van der Waals surface area (Å²) in [6, 6.07) is 8.58. The lowest BCUT2D eigenvalue weighted by Gasteiger charge is -2.09. The van der Waals surface area contributed by atoms with Gasteiger partial charge in [-0.2, -0.15) is 0 Å². The topological polar surface area (TPSA) is 46.2 Å². The fourth-order valence-corrected chi connectivity index (χ4v) is 3.67. The summed E-state index contributed by atoms with van der Waals surface area (Å²) in [7, 11) is -3.75. The molecule has 0 amide bonds. The Labute approximate surface area is 143 Å². The van der Waals surface area contributed by atoms with Crippen LogP contribution in [0.15, 0.2) is 50.2 Å². The zero-order valence-corrected chi connectivity index (χ0v) is 15.2. The van der Waals surface area contributed by atoms with Gasteiger partial charge in [-0.15, -0.1) is 0 Å². The van der Waals surface area contributed by atoms with Crippen LogP contribution in [0, 0.1) is 5.82 Å². The normalized spacial score (nSPS) is 11.6. The van der Waals surface area contributed by atoms with Crippen molar-refractivity contribution in [2.24, 2.45) is 0 Å². The Bertz CT molecular complexity index is 784. The summed E-state index contributed by atoms with van der Waals surface area (Å²) >= 11 is 12.2. The Morgan fingerprint density at radius 2 is 1.86 bits per heavy atom. The van der Waals surface area contributed by atoms with Crippen LogP contribution in [0.3, 0.4) is 0 Å². The molecule has 0 aromatic heterocycles. The van der Waals surface area contributed by atoms with E-state index in [1.807, 2.05) is 0 Å². The molecular formula is C13H9Br2ClFNO2S. The Morgan fingerprint density at radius 1 is 1.14 bits per heavy atom. The summed E-state index contributed by atoms with van der Waals surface area (Å²) in [5, 5.41) is 0.409. The van der Waals surface area contributed by atoms with Crippen molar-refractivity contribution in [3.05, 3.63) is 61.7 Å². The molecule has 0 unspecified atom stereocenters. The molecule has 0 saturated heterocycles. The molecular weight excluding hydrogens is 448 g/mol. The van der Waals surface area contributed by atoms with Gasteiger partial charge < -0.3 is 0 Å². The van der Waals surface area contributed by atoms with E-state index in [0.29, 0.717) is 14.0 Å². The van der Waals surface area contributed by atoms with Crippen LogP contribution in [0.5, 0.6) is 0 Å². The van der Waals surface area contributed by atoms with Gasteiger partial charge in [0.2, 0.25) is 10.0 Å². The predicted molar refractivity (Wildman–Crippen MR) is 87.3 cm³/mol. The first-order valence-corrected chi connectivity index (χ1v) is 9.13. The third-order valence-corrected chi connectivity index (χ3v) is 5.77. The van der Waals surface area contributed by atoms with Gasteiger partial charge in [0.1, 0.15) is 5.82 Å². The van der Waals surface area contributed by atoms with Crippen LogP contribution in [-0.4, -0.2) is 8.42 Å². The van der Waals surface area contributed by atoms with E-state index in [4.69, 9.17) is 11.6 Å². The number of hydrogen-bond acceptors (Lipinski definition) is 2. The molecule has 2 aromatic carbocycles. The van der Waals surface area contributed by atoms with Crippen molar-refractivity contribution in [1.29, 1.82) is 0 Å². The summed E-state index contributed by atoms with van der Waals surface area (Å²) < 4.78 is 41.4. The molecule has 0 heterocycles. The van der Waals surface area contributed by atoms with Crippen molar-refractivity contribution in [2.75, 3.05) is 0 Å². The second kappa shape index (κ2) is 6.75. The van der Waals surface area contributed by atoms with Gasteiger partial charge in [0.15, 0.2) is 0 Å². The van der Waals surface area contributed by atoms with Crippen molar-refractivity contribution >= 4 is 53.5 Å². The van der Waals surface area contributed by atoms with Crippen LogP contribution < -0.4 is 4.72 Å². The van der Waals surface area contributed by atoms with Crippen molar-refractivity contribution in [2.45, 2.75) is 11.4 Å². The SMILES string of the molecule is O=S(=O)(NCc1cc(Br)ccc1F)c1ccc(Cl)c(Br)c1. The maximum Gasteiger partial charge on any atom is 0.240 e. The maximum absolute atomic E-state index is 13.6. The highest BCUT2D eigenvalue weighted by Crippen LogP contribution is 2.25. The fraction of sp³-hybridized carbons (Fsp3) is 0.0769. The Kier molecular flexibility index (Phi) is 5.43. The average molecular weight is 458 g/mol. The zero-order chi connectivity index (χ0) is 15.6. The number of halogens is 4. The van der Waals surface area contributed by atoms with Crippen molar-refractivity contribution < 1.29 is 12.8 Å². The first kappa shape index (κ1) is 16.9. The standard InChI is InChI=1S/C13H9Br2ClFNO2S/c14-9-1-4-13(17)8(5-9)7-18-21(19,20)10-2-3-12(16)11(15)6-10/h1-6,18H,7H2. The van der Waals surface area contributed by atoms with E-state index in [-0.39, 0.29) is 17.0 Å². The molecule has 8 heteroatoms. The van der Waals surface area contributed by atoms with E-state index in [9.17, 15) is 12.8 Å². The van der Waals surface area contributed by atoms with Crippen molar-refractivity contribution in [1.82, 2.24) is 4.72 Å². The molecule has 0 spiro atoms. The second-order valence-corrected chi connectivity index (χ2v) is 8.08. The lowest BCUT2D eigenvalue weighted by Crippen LogP contribution is -2.23. The lowest BCUT2D eigenvalue weighted by atomic mass is 10.2. The van der Waals surface area contributed by atoms with E-state index >= 15 is 0 Å². The molecule has 3 nitrogen and oxygen atoms in total. The van der Waals surface area contributed by atoms with Gasteiger partial charge in [0.05, 0.1) is 9.92 Å². The van der Waals surface area contributed by atoms with Crippen LogP contribution in [0.1, 0.15) is 5.56 Å². The van der Waals surface area contributed by atoms with Crippen LogP contribution in [-0.2, 0) is 16.6 Å². The van der Waals surface area contributed by atoms with Gasteiger partial charge in [0, 0.05) is 21.1 Å². The van der Waals surface area contributed by atoms with Crippen LogP contribution in [0.4, 0.5) is 4.39 Å². The minimum Gasteiger partial charge on any atom is -0.207 e. The second-order valence-electron chi connectivity index (χ2n) is 4.14. The van der Waals surface area contributed by atoms with Gasteiger partial charge in [-0.05, 0) is 52.3 Å². The highest BCUT2D eigenvalue weighted by molar-refractivity contribution is 9.10. The van der Waals surface area contributed by atoms with Crippen LogP contribution >= 0.6 is 43.5 Å². The molecule has 21 heavy (non-hydrogen) atoms. The Balaban J connectivity index is 2.21. The summed E-state index contributed by atoms with van der Waals surface area (Å²) in [6.45, 7) is -0.145. The largest absolute Gasteiger partial charge is 0.240 e. The first-order chi connectivity index (χ1) is 9.79. The van der Waals surface area contributed by atoms with E-state index in [0.717, 1.165) is 0 Å². The molecule has 2 aromatic rings. The lowest BCUT2D eigenvalue weighted by molar-refractivity contribution is 0.574. The van der Waals surface area contributed by atoms with Crippen molar-refractivity contribution in [3.63, 3.8) is 0 Å². The highest BCUT2D eigenvalue weighted by Gasteiger charge is 2.16. The molecule has 2 rings (SSSR count). The van der Waals surface area contributed by atoms with E-state index < -0.39 is 15.8 Å². The third-order valence-electron chi connectivity index (χ3n) is 2.66. The molecule has 0 aliphatic carbocycles. The predicted octanol–water partition coefficient (Wildman–Crippen LogP) is 4.48. The van der Waals surface area contributed by atoms with Gasteiger partial charge in [-0.25, -0.2) is 17.5 Å². The average Bonchev–Trinajstić information content (AvgIpc) is 2.43. The summed E-state index contributed by atoms with van der Waals surface area (Å²) in [6.07, 6.45) is 0. The number of rotatable bonds is 4. The molecule has 112 valence electrons. The molecule has 0 atom stereocenters. The van der Waals surface area contributed by atoms with E-state index in [2.05, 4.69) is 36.6 Å². The van der Waals surface area contributed by atoms with Gasteiger partial charge in [-0.1, -0.05) is 27.5 Å². The summed E-state index contributed by atoms with van der Waals surface area (Å²) in [5.41, 5.74) is 0.251. The van der Waals surface area contributed by atoms with Gasteiger partial charge in [0.25, 0.3) is 0 Å². The van der Waals surface area contributed by atoms with Crippen LogP contribution in [0.2, 0.25) is 5.02 Å². The summed E-state index contributed by atoms with van der Waals surface area (Å²) in [5.74, 6) is -0.474. The van der Waals surface area contributed by atoms with Crippen LogP contribution in [0.25, 0.3) is 0 Å². The quantitative estimate of drug-likeness (QED) is 0.736. The third kappa shape index (κ3) is 4.26. The minimum atomic E-state index is -3.75. The molecule has 0 aliphatic rings.